The molecule has 0 aromatic rings. The smallest absolute Gasteiger partial charge is 0.00879 e. The first-order valence-electron chi connectivity index (χ1n) is 7.77. The molecule has 0 N–H and O–H groups in total. The van der Waals surface area contributed by atoms with E-state index in [-0.39, 0.29) is 0 Å². The highest BCUT2D eigenvalue weighted by Gasteiger charge is 2.42. The number of hydrogen-bond donors (Lipinski definition) is 0. The summed E-state index contributed by atoms with van der Waals surface area (Å²) in [5.74, 6) is 2.75. The van der Waals surface area contributed by atoms with Gasteiger partial charge in [-0.05, 0) is 48.9 Å². The zero-order chi connectivity index (χ0) is 13.1. The van der Waals surface area contributed by atoms with Crippen LogP contribution in [0, 0.1) is 23.2 Å². The van der Waals surface area contributed by atoms with Crippen molar-refractivity contribution in [3.05, 3.63) is 11.6 Å². The van der Waals surface area contributed by atoms with Gasteiger partial charge in [0.25, 0.3) is 0 Å². The van der Waals surface area contributed by atoms with Crippen LogP contribution < -0.4 is 0 Å². The molecular weight excluding hydrogens is 204 g/mol. The predicted molar refractivity (Wildman–Crippen MR) is 78.1 cm³/mol. The molecule has 100 valence electrons. The van der Waals surface area contributed by atoms with Crippen LogP contribution in [0.1, 0.15) is 73.6 Å². The normalized spacial score (nSPS) is 40.8. The molecule has 0 radical (unpaired) electrons. The highest BCUT2D eigenvalue weighted by Crippen LogP contribution is 2.53. The molecule has 0 nitrogen and oxygen atoms in total. The first-order chi connectivity index (χ1) is 8.08. The van der Waals surface area contributed by atoms with Gasteiger partial charge in [0, 0.05) is 0 Å². The molecule has 1 fully saturated rings. The first kappa shape index (κ1) is 14.8. The Morgan fingerprint density at radius 2 is 1.94 bits per heavy atom. The molecule has 0 saturated heterocycles. The topological polar surface area (TPSA) is 0 Å². The molecule has 1 saturated carbocycles. The van der Waals surface area contributed by atoms with Crippen molar-refractivity contribution in [2.24, 2.45) is 23.2 Å². The Bertz CT molecular complexity index is 263. The molecule has 4 atom stereocenters. The molecular formula is C17H32. The van der Waals surface area contributed by atoms with Crippen molar-refractivity contribution < 1.29 is 0 Å². The fourth-order valence-corrected chi connectivity index (χ4v) is 3.66. The van der Waals surface area contributed by atoms with Gasteiger partial charge in [-0.1, -0.05) is 59.6 Å². The molecule has 4 unspecified atom stereocenters. The van der Waals surface area contributed by atoms with Crippen LogP contribution in [0.2, 0.25) is 0 Å². The van der Waals surface area contributed by atoms with Crippen LogP contribution in [-0.4, -0.2) is 0 Å². The van der Waals surface area contributed by atoms with Gasteiger partial charge in [-0.15, -0.1) is 0 Å². The quantitative estimate of drug-likeness (QED) is 0.502. The van der Waals surface area contributed by atoms with Gasteiger partial charge < -0.3 is 0 Å². The van der Waals surface area contributed by atoms with Crippen molar-refractivity contribution in [2.45, 2.75) is 73.6 Å². The molecule has 0 aliphatic heterocycles. The molecule has 0 heterocycles. The Balaban J connectivity index is 0.000000686. The summed E-state index contributed by atoms with van der Waals surface area (Å²) in [5.41, 5.74) is 2.34. The van der Waals surface area contributed by atoms with Crippen LogP contribution in [-0.2, 0) is 0 Å². The Kier molecular flexibility index (Phi) is 5.28. The number of rotatable bonds is 1. The molecule has 0 aromatic heterocycles. The van der Waals surface area contributed by atoms with Crippen LogP contribution >= 0.6 is 0 Å². The van der Waals surface area contributed by atoms with E-state index in [9.17, 15) is 0 Å². The Hall–Kier alpha value is -0.260. The van der Waals surface area contributed by atoms with Crippen LogP contribution in [0.4, 0.5) is 0 Å². The van der Waals surface area contributed by atoms with E-state index < -0.39 is 0 Å². The van der Waals surface area contributed by atoms with Gasteiger partial charge >= 0.3 is 0 Å². The van der Waals surface area contributed by atoms with Crippen molar-refractivity contribution >= 4 is 0 Å². The fraction of sp³-hybridized carbons (Fsp3) is 0.882. The minimum atomic E-state index is 0.545. The lowest BCUT2D eigenvalue weighted by Gasteiger charge is -2.49. The predicted octanol–water partition coefficient (Wildman–Crippen LogP) is 5.83. The van der Waals surface area contributed by atoms with Crippen molar-refractivity contribution in [1.29, 1.82) is 0 Å². The summed E-state index contributed by atoms with van der Waals surface area (Å²) in [6, 6.07) is 0. The zero-order valence-corrected chi connectivity index (χ0v) is 12.8. The van der Waals surface area contributed by atoms with Gasteiger partial charge in [0.2, 0.25) is 0 Å². The SMILES string of the molecule is CC.CCC1CCC2(C)C(=CCC(C)C2C)C1. The molecule has 2 aliphatic rings. The fourth-order valence-electron chi connectivity index (χ4n) is 3.66. The molecule has 0 amide bonds. The molecule has 0 spiro atoms. The molecule has 0 bridgehead atoms. The van der Waals surface area contributed by atoms with Gasteiger partial charge in [-0.25, -0.2) is 0 Å². The second-order valence-electron chi connectivity index (χ2n) is 6.17. The molecule has 2 aliphatic carbocycles. The van der Waals surface area contributed by atoms with E-state index >= 15 is 0 Å². The minimum absolute atomic E-state index is 0.545. The van der Waals surface area contributed by atoms with Crippen LogP contribution in [0.3, 0.4) is 0 Å². The summed E-state index contributed by atoms with van der Waals surface area (Å²) in [4.78, 5) is 0. The Labute approximate surface area is 109 Å². The third-order valence-corrected chi connectivity index (χ3v) is 5.49. The maximum atomic E-state index is 2.58. The largest absolute Gasteiger partial charge is 0.0845 e. The summed E-state index contributed by atoms with van der Waals surface area (Å²) < 4.78 is 0. The monoisotopic (exact) mass is 236 g/mol. The first-order valence-corrected chi connectivity index (χ1v) is 7.77. The van der Waals surface area contributed by atoms with E-state index in [1.807, 2.05) is 13.8 Å². The second-order valence-corrected chi connectivity index (χ2v) is 6.17. The molecule has 0 heteroatoms. The maximum Gasteiger partial charge on any atom is -0.00879 e. The summed E-state index contributed by atoms with van der Waals surface area (Å²) in [6.07, 6.45) is 9.56. The number of hydrogen-bond acceptors (Lipinski definition) is 0. The average molecular weight is 236 g/mol. The van der Waals surface area contributed by atoms with Gasteiger partial charge in [0.15, 0.2) is 0 Å². The zero-order valence-electron chi connectivity index (χ0n) is 12.8. The Morgan fingerprint density at radius 3 is 2.53 bits per heavy atom. The highest BCUT2D eigenvalue weighted by atomic mass is 14.5. The summed E-state index contributed by atoms with van der Waals surface area (Å²) in [6.45, 7) is 13.8. The summed E-state index contributed by atoms with van der Waals surface area (Å²) >= 11 is 0. The van der Waals surface area contributed by atoms with Crippen molar-refractivity contribution in [1.82, 2.24) is 0 Å². The van der Waals surface area contributed by atoms with Gasteiger partial charge in [0.1, 0.15) is 0 Å². The van der Waals surface area contributed by atoms with Gasteiger partial charge in [0.05, 0.1) is 0 Å². The summed E-state index contributed by atoms with van der Waals surface area (Å²) in [5, 5.41) is 0. The van der Waals surface area contributed by atoms with Crippen LogP contribution in [0.5, 0.6) is 0 Å². The third-order valence-electron chi connectivity index (χ3n) is 5.49. The van der Waals surface area contributed by atoms with Gasteiger partial charge in [-0.3, -0.25) is 0 Å². The van der Waals surface area contributed by atoms with E-state index in [0.717, 1.165) is 17.8 Å². The minimum Gasteiger partial charge on any atom is -0.0845 e. The Morgan fingerprint density at radius 1 is 1.29 bits per heavy atom. The number of allylic oxidation sites excluding steroid dienone is 2. The van der Waals surface area contributed by atoms with E-state index in [4.69, 9.17) is 0 Å². The van der Waals surface area contributed by atoms with Crippen LogP contribution in [0.25, 0.3) is 0 Å². The van der Waals surface area contributed by atoms with E-state index in [1.165, 1.54) is 32.1 Å². The second kappa shape index (κ2) is 6.07. The maximum absolute atomic E-state index is 2.58. The highest BCUT2D eigenvalue weighted by molar-refractivity contribution is 5.21. The lowest BCUT2D eigenvalue weighted by atomic mass is 9.56. The van der Waals surface area contributed by atoms with Crippen molar-refractivity contribution in [3.8, 4) is 0 Å². The molecule has 17 heavy (non-hydrogen) atoms. The lowest BCUT2D eigenvalue weighted by Crippen LogP contribution is -2.38. The third kappa shape index (κ3) is 2.77. The molecule has 2 rings (SSSR count). The van der Waals surface area contributed by atoms with Crippen molar-refractivity contribution in [3.63, 3.8) is 0 Å². The van der Waals surface area contributed by atoms with Gasteiger partial charge in [-0.2, -0.15) is 0 Å². The lowest BCUT2D eigenvalue weighted by molar-refractivity contribution is 0.113. The van der Waals surface area contributed by atoms with E-state index in [0.29, 0.717) is 5.41 Å². The van der Waals surface area contributed by atoms with Crippen LogP contribution in [0.15, 0.2) is 11.6 Å². The number of fused-ring (bicyclic) bond motifs is 1. The van der Waals surface area contributed by atoms with E-state index in [1.54, 1.807) is 5.57 Å². The average Bonchev–Trinajstić information content (AvgIpc) is 2.37. The molecule has 0 aromatic carbocycles. The standard InChI is InChI=1S/C15H26.C2H6/c1-5-13-8-9-15(4)12(3)11(2)6-7-14(15)10-13;1-2/h7,11-13H,5-6,8-10H2,1-4H3;1-2H3. The summed E-state index contributed by atoms with van der Waals surface area (Å²) in [7, 11) is 0. The van der Waals surface area contributed by atoms with E-state index in [2.05, 4.69) is 33.8 Å². The van der Waals surface area contributed by atoms with Crippen molar-refractivity contribution in [2.75, 3.05) is 0 Å².